The van der Waals surface area contributed by atoms with E-state index in [2.05, 4.69) is 15.5 Å². The lowest BCUT2D eigenvalue weighted by atomic mass is 9.95. The normalized spacial score (nSPS) is 24.8. The number of ether oxygens (including phenoxy) is 2. The van der Waals surface area contributed by atoms with Crippen molar-refractivity contribution in [1.82, 2.24) is 15.5 Å². The van der Waals surface area contributed by atoms with Gasteiger partial charge >= 0.3 is 0 Å². The predicted octanol–water partition coefficient (Wildman–Crippen LogP) is 1.20. The third kappa shape index (κ3) is 5.37. The van der Waals surface area contributed by atoms with E-state index >= 15 is 0 Å². The first-order valence-electron chi connectivity index (χ1n) is 8.97. The second kappa shape index (κ2) is 9.62. The quantitative estimate of drug-likeness (QED) is 0.797. The van der Waals surface area contributed by atoms with Gasteiger partial charge in [0.25, 0.3) is 0 Å². The van der Waals surface area contributed by atoms with Crippen molar-refractivity contribution in [3.63, 3.8) is 0 Å². The van der Waals surface area contributed by atoms with Crippen LogP contribution in [0.25, 0.3) is 0 Å². The molecule has 2 heterocycles. The van der Waals surface area contributed by atoms with Gasteiger partial charge in [0, 0.05) is 38.6 Å². The molecule has 0 spiro atoms. The molecule has 0 unspecified atom stereocenters. The van der Waals surface area contributed by atoms with Gasteiger partial charge in [0.1, 0.15) is 5.82 Å². The number of nitrogens with zero attached hydrogens (tertiary/aromatic N) is 1. The minimum atomic E-state index is -0.458. The highest BCUT2D eigenvalue weighted by Gasteiger charge is 2.27. The first-order valence-corrected chi connectivity index (χ1v) is 9.35. The Balaban J connectivity index is 1.59. The monoisotopic (exact) mass is 385 g/mol. The number of carbonyl (C=O) groups is 1. The van der Waals surface area contributed by atoms with E-state index in [1.54, 1.807) is 12.1 Å². The summed E-state index contributed by atoms with van der Waals surface area (Å²) in [5.41, 5.74) is 0.739. The van der Waals surface area contributed by atoms with Gasteiger partial charge < -0.3 is 20.1 Å². The van der Waals surface area contributed by atoms with Crippen LogP contribution in [0.1, 0.15) is 11.7 Å². The van der Waals surface area contributed by atoms with E-state index in [1.807, 2.05) is 0 Å². The zero-order valence-electron chi connectivity index (χ0n) is 14.7. The summed E-state index contributed by atoms with van der Waals surface area (Å²) in [7, 11) is 0. The second-order valence-electron chi connectivity index (χ2n) is 6.62. The van der Waals surface area contributed by atoms with Crippen LogP contribution in [0.5, 0.6) is 0 Å². The molecular formula is C18H25ClFN3O3. The number of halogens is 2. The van der Waals surface area contributed by atoms with Gasteiger partial charge in [-0.15, -0.1) is 0 Å². The number of amides is 1. The molecule has 2 atom stereocenters. The van der Waals surface area contributed by atoms with E-state index in [0.29, 0.717) is 39.5 Å². The Bertz CT molecular complexity index is 613. The van der Waals surface area contributed by atoms with Crippen LogP contribution in [-0.4, -0.2) is 69.9 Å². The molecule has 6 nitrogen and oxygen atoms in total. The number of hydrogen-bond acceptors (Lipinski definition) is 5. The number of morpholine rings is 1. The minimum Gasteiger partial charge on any atom is -0.379 e. The molecule has 2 saturated heterocycles. The van der Waals surface area contributed by atoms with Crippen LogP contribution < -0.4 is 10.6 Å². The Morgan fingerprint density at radius 1 is 1.35 bits per heavy atom. The number of carbonyl (C=O) groups excluding carboxylic acids is 1. The predicted molar refractivity (Wildman–Crippen MR) is 96.7 cm³/mol. The molecule has 1 aromatic rings. The van der Waals surface area contributed by atoms with Crippen molar-refractivity contribution in [2.24, 2.45) is 5.92 Å². The van der Waals surface area contributed by atoms with Crippen LogP contribution in [0.4, 0.5) is 4.39 Å². The standard InChI is InChI=1S/C18H25ClFN3O3/c19-15-2-1-13(9-16(15)20)18-14(10-21-3-6-26-18)11-22-17(24)12-23-4-7-25-8-5-23/h1-2,9,14,18,21H,3-8,10-12H2,(H,22,24)/t14-,18-/m0/s1. The summed E-state index contributed by atoms with van der Waals surface area (Å²) in [5, 5.41) is 6.39. The van der Waals surface area contributed by atoms with Gasteiger partial charge in [0.05, 0.1) is 37.5 Å². The van der Waals surface area contributed by atoms with Crippen LogP contribution in [0.3, 0.4) is 0 Å². The van der Waals surface area contributed by atoms with Crippen molar-refractivity contribution in [2.45, 2.75) is 6.10 Å². The molecule has 0 aromatic heterocycles. The SMILES string of the molecule is O=C(CN1CCOCC1)NC[C@@H]1CNCCO[C@H]1c1ccc(Cl)c(F)c1. The maximum Gasteiger partial charge on any atom is 0.234 e. The highest BCUT2D eigenvalue weighted by molar-refractivity contribution is 6.30. The smallest absolute Gasteiger partial charge is 0.234 e. The summed E-state index contributed by atoms with van der Waals surface area (Å²) in [6, 6.07) is 4.74. The Hall–Kier alpha value is -1.25. The van der Waals surface area contributed by atoms with Gasteiger partial charge in [-0.1, -0.05) is 17.7 Å². The summed E-state index contributed by atoms with van der Waals surface area (Å²) in [6.45, 7) is 5.65. The number of benzene rings is 1. The maximum absolute atomic E-state index is 13.8. The van der Waals surface area contributed by atoms with E-state index in [4.69, 9.17) is 21.1 Å². The second-order valence-corrected chi connectivity index (χ2v) is 7.03. The molecule has 3 rings (SSSR count). The minimum absolute atomic E-state index is 0.00622. The van der Waals surface area contributed by atoms with Crippen molar-refractivity contribution in [1.29, 1.82) is 0 Å². The first-order chi connectivity index (χ1) is 12.6. The zero-order chi connectivity index (χ0) is 18.4. The fourth-order valence-corrected chi connectivity index (χ4v) is 3.41. The molecule has 0 bridgehead atoms. The molecule has 8 heteroatoms. The molecule has 1 amide bonds. The molecule has 1 aromatic carbocycles. The Morgan fingerprint density at radius 3 is 2.92 bits per heavy atom. The van der Waals surface area contributed by atoms with E-state index in [0.717, 1.165) is 25.2 Å². The molecule has 2 fully saturated rings. The van der Waals surface area contributed by atoms with Crippen molar-refractivity contribution in [2.75, 3.05) is 59.1 Å². The van der Waals surface area contributed by atoms with Crippen LogP contribution in [0.15, 0.2) is 18.2 Å². The van der Waals surface area contributed by atoms with Gasteiger partial charge in [0.15, 0.2) is 0 Å². The third-order valence-electron chi connectivity index (χ3n) is 4.72. The number of hydrogen-bond donors (Lipinski definition) is 2. The molecule has 0 radical (unpaired) electrons. The van der Waals surface area contributed by atoms with E-state index in [-0.39, 0.29) is 23.0 Å². The van der Waals surface area contributed by atoms with Gasteiger partial charge in [0.2, 0.25) is 5.91 Å². The van der Waals surface area contributed by atoms with Crippen LogP contribution in [-0.2, 0) is 14.3 Å². The highest BCUT2D eigenvalue weighted by atomic mass is 35.5. The Morgan fingerprint density at radius 2 is 2.15 bits per heavy atom. The summed E-state index contributed by atoms with van der Waals surface area (Å²) in [5.74, 6) is -0.469. The third-order valence-corrected chi connectivity index (χ3v) is 5.02. The topological polar surface area (TPSA) is 62.8 Å². The molecular weight excluding hydrogens is 361 g/mol. The van der Waals surface area contributed by atoms with Crippen LogP contribution in [0, 0.1) is 11.7 Å². The molecule has 144 valence electrons. The lowest BCUT2D eigenvalue weighted by Crippen LogP contribution is -2.45. The molecule has 26 heavy (non-hydrogen) atoms. The Kier molecular flexibility index (Phi) is 7.22. The molecule has 2 aliphatic heterocycles. The zero-order valence-corrected chi connectivity index (χ0v) is 15.4. The summed E-state index contributed by atoms with van der Waals surface area (Å²) in [4.78, 5) is 14.3. The molecule has 0 saturated carbocycles. The fraction of sp³-hybridized carbons (Fsp3) is 0.611. The molecule has 2 aliphatic rings. The van der Waals surface area contributed by atoms with Crippen molar-refractivity contribution in [3.05, 3.63) is 34.6 Å². The fourth-order valence-electron chi connectivity index (χ4n) is 3.29. The van der Waals surface area contributed by atoms with Gasteiger partial charge in [-0.2, -0.15) is 0 Å². The average Bonchev–Trinajstić information content (AvgIpc) is 2.89. The largest absolute Gasteiger partial charge is 0.379 e. The number of rotatable bonds is 5. The Labute approximate surface area is 158 Å². The van der Waals surface area contributed by atoms with E-state index < -0.39 is 5.82 Å². The summed E-state index contributed by atoms with van der Waals surface area (Å²) >= 11 is 5.78. The summed E-state index contributed by atoms with van der Waals surface area (Å²) in [6.07, 6.45) is -0.291. The van der Waals surface area contributed by atoms with E-state index in [1.165, 1.54) is 6.07 Å². The highest BCUT2D eigenvalue weighted by Crippen LogP contribution is 2.29. The molecule has 2 N–H and O–H groups in total. The first kappa shape index (κ1) is 19.5. The van der Waals surface area contributed by atoms with Crippen molar-refractivity contribution < 1.29 is 18.7 Å². The molecule has 0 aliphatic carbocycles. The van der Waals surface area contributed by atoms with Crippen LogP contribution in [0.2, 0.25) is 5.02 Å². The van der Waals surface area contributed by atoms with Crippen molar-refractivity contribution >= 4 is 17.5 Å². The van der Waals surface area contributed by atoms with Crippen molar-refractivity contribution in [3.8, 4) is 0 Å². The maximum atomic E-state index is 13.8. The van der Waals surface area contributed by atoms with Gasteiger partial charge in [-0.25, -0.2) is 4.39 Å². The van der Waals surface area contributed by atoms with E-state index in [9.17, 15) is 9.18 Å². The number of nitrogens with one attached hydrogen (secondary N) is 2. The lowest BCUT2D eigenvalue weighted by molar-refractivity contribution is -0.123. The van der Waals surface area contributed by atoms with Crippen LogP contribution >= 0.6 is 11.6 Å². The average molecular weight is 386 g/mol. The summed E-state index contributed by atoms with van der Waals surface area (Å²) < 4.78 is 25.1. The lowest BCUT2D eigenvalue weighted by Gasteiger charge is -2.28. The van der Waals surface area contributed by atoms with Gasteiger partial charge in [-0.05, 0) is 17.7 Å². The van der Waals surface area contributed by atoms with Gasteiger partial charge in [-0.3, -0.25) is 9.69 Å².